The van der Waals surface area contributed by atoms with E-state index < -0.39 is 0 Å². The molecule has 2 heteroatoms. The number of fused-ring (bicyclic) bond motifs is 1. The third kappa shape index (κ3) is 2.66. The van der Waals surface area contributed by atoms with E-state index in [2.05, 4.69) is 6.92 Å². The molecule has 1 aromatic carbocycles. The lowest BCUT2D eigenvalue weighted by Crippen LogP contribution is -2.12. The Bertz CT molecular complexity index is 244. The van der Waals surface area contributed by atoms with E-state index in [4.69, 9.17) is 9.47 Å². The van der Waals surface area contributed by atoms with Crippen LogP contribution < -0.4 is 9.47 Å². The van der Waals surface area contributed by atoms with E-state index in [0.29, 0.717) is 5.92 Å². The van der Waals surface area contributed by atoms with E-state index in [-0.39, 0.29) is 0 Å². The summed E-state index contributed by atoms with van der Waals surface area (Å²) in [5.74, 6) is 2.20. The van der Waals surface area contributed by atoms with Gasteiger partial charge in [-0.2, -0.15) is 0 Å². The first kappa shape index (κ1) is 10.9. The number of ether oxygens (including phenoxy) is 2. The summed E-state index contributed by atoms with van der Waals surface area (Å²) in [5.41, 5.74) is 0. The van der Waals surface area contributed by atoms with Crippen molar-refractivity contribution in [2.45, 2.75) is 20.8 Å². The maximum absolute atomic E-state index is 5.54. The van der Waals surface area contributed by atoms with Gasteiger partial charge in [-0.1, -0.05) is 32.9 Å². The quantitative estimate of drug-likeness (QED) is 0.631. The molecule has 2 rings (SSSR count). The molecule has 0 atom stereocenters. The second-order valence-corrected chi connectivity index (χ2v) is 3.17. The van der Waals surface area contributed by atoms with Gasteiger partial charge in [0.05, 0.1) is 13.2 Å². The van der Waals surface area contributed by atoms with Crippen LogP contribution in [0.3, 0.4) is 0 Å². The molecule has 0 aliphatic carbocycles. The van der Waals surface area contributed by atoms with E-state index in [0.717, 1.165) is 24.7 Å². The van der Waals surface area contributed by atoms with E-state index in [1.807, 2.05) is 38.1 Å². The van der Waals surface area contributed by atoms with Crippen molar-refractivity contribution in [3.8, 4) is 11.5 Å². The fourth-order valence-electron chi connectivity index (χ4n) is 1.20. The normalized spacial score (nSPS) is 15.1. The molecule has 0 fully saturated rings. The monoisotopic (exact) mass is 194 g/mol. The van der Waals surface area contributed by atoms with Crippen LogP contribution in [0.15, 0.2) is 24.3 Å². The Morgan fingerprint density at radius 3 is 1.86 bits per heavy atom. The summed E-state index contributed by atoms with van der Waals surface area (Å²) < 4.78 is 11.1. The second-order valence-electron chi connectivity index (χ2n) is 3.17. The van der Waals surface area contributed by atoms with Crippen LogP contribution in [-0.2, 0) is 0 Å². The average Bonchev–Trinajstić information content (AvgIpc) is 2.45. The standard InChI is InChI=1S/C10H12O2.C2H6/c1-8-6-11-9-4-2-3-5-10(9)12-7-8;1-2/h2-5,8H,6-7H2,1H3;1-2H3. The summed E-state index contributed by atoms with van der Waals surface area (Å²) in [5, 5.41) is 0. The Morgan fingerprint density at radius 2 is 1.43 bits per heavy atom. The van der Waals surface area contributed by atoms with Crippen molar-refractivity contribution in [2.24, 2.45) is 5.92 Å². The highest BCUT2D eigenvalue weighted by molar-refractivity contribution is 5.39. The lowest BCUT2D eigenvalue weighted by atomic mass is 10.2. The molecule has 0 saturated heterocycles. The molecule has 0 bridgehead atoms. The topological polar surface area (TPSA) is 18.5 Å². The number of rotatable bonds is 0. The second kappa shape index (κ2) is 5.53. The zero-order valence-electron chi connectivity index (χ0n) is 9.12. The van der Waals surface area contributed by atoms with E-state index in [1.54, 1.807) is 0 Å². The van der Waals surface area contributed by atoms with Gasteiger partial charge in [0.25, 0.3) is 0 Å². The number of hydrogen-bond acceptors (Lipinski definition) is 2. The lowest BCUT2D eigenvalue weighted by Gasteiger charge is -2.04. The van der Waals surface area contributed by atoms with Crippen LogP contribution in [0.25, 0.3) is 0 Å². The molecule has 14 heavy (non-hydrogen) atoms. The van der Waals surface area contributed by atoms with Gasteiger partial charge < -0.3 is 9.47 Å². The zero-order valence-corrected chi connectivity index (χ0v) is 9.12. The maximum Gasteiger partial charge on any atom is 0.161 e. The number of hydrogen-bond donors (Lipinski definition) is 0. The Balaban J connectivity index is 0.000000461. The van der Waals surface area contributed by atoms with Gasteiger partial charge in [0.15, 0.2) is 11.5 Å². The van der Waals surface area contributed by atoms with Gasteiger partial charge >= 0.3 is 0 Å². The summed E-state index contributed by atoms with van der Waals surface area (Å²) in [7, 11) is 0. The van der Waals surface area contributed by atoms with Crippen molar-refractivity contribution in [1.82, 2.24) is 0 Å². The minimum atomic E-state index is 0.470. The highest BCUT2D eigenvalue weighted by Gasteiger charge is 2.13. The van der Waals surface area contributed by atoms with E-state index in [1.165, 1.54) is 0 Å². The van der Waals surface area contributed by atoms with Crippen LogP contribution in [0.4, 0.5) is 0 Å². The molecule has 78 valence electrons. The highest BCUT2D eigenvalue weighted by Crippen LogP contribution is 2.29. The van der Waals surface area contributed by atoms with Crippen LogP contribution in [0.2, 0.25) is 0 Å². The SMILES string of the molecule is CC.CC1COc2ccccc2OC1. The molecule has 0 saturated carbocycles. The molecule has 0 amide bonds. The summed E-state index contributed by atoms with van der Waals surface area (Å²) in [6, 6.07) is 7.79. The maximum atomic E-state index is 5.54. The van der Waals surface area contributed by atoms with Crippen molar-refractivity contribution < 1.29 is 9.47 Å². The van der Waals surface area contributed by atoms with Crippen LogP contribution in [-0.4, -0.2) is 13.2 Å². The average molecular weight is 194 g/mol. The molecule has 0 aromatic heterocycles. The van der Waals surface area contributed by atoms with Crippen LogP contribution in [0.1, 0.15) is 20.8 Å². The predicted octanol–water partition coefficient (Wildman–Crippen LogP) is 3.12. The van der Waals surface area contributed by atoms with Gasteiger partial charge in [-0.25, -0.2) is 0 Å². The first-order chi connectivity index (χ1) is 6.86. The largest absolute Gasteiger partial charge is 0.489 e. The molecule has 1 aliphatic rings. The molecule has 0 N–H and O–H groups in total. The minimum absolute atomic E-state index is 0.470. The van der Waals surface area contributed by atoms with Crippen molar-refractivity contribution >= 4 is 0 Å². The van der Waals surface area contributed by atoms with Gasteiger partial charge in [0.2, 0.25) is 0 Å². The van der Waals surface area contributed by atoms with Gasteiger partial charge in [0, 0.05) is 5.92 Å². The molecule has 1 aromatic rings. The summed E-state index contributed by atoms with van der Waals surface area (Å²) in [6.07, 6.45) is 0. The van der Waals surface area contributed by atoms with Gasteiger partial charge in [-0.3, -0.25) is 0 Å². The Hall–Kier alpha value is -1.18. The minimum Gasteiger partial charge on any atom is -0.489 e. The summed E-state index contributed by atoms with van der Waals surface area (Å²) in [6.45, 7) is 7.61. The van der Waals surface area contributed by atoms with Crippen molar-refractivity contribution in [2.75, 3.05) is 13.2 Å². The third-order valence-corrected chi connectivity index (χ3v) is 1.90. The third-order valence-electron chi connectivity index (χ3n) is 1.90. The van der Waals surface area contributed by atoms with Crippen LogP contribution in [0.5, 0.6) is 11.5 Å². The Kier molecular flexibility index (Phi) is 4.30. The molecule has 1 heterocycles. The first-order valence-corrected chi connectivity index (χ1v) is 5.21. The summed E-state index contributed by atoms with van der Waals surface area (Å²) in [4.78, 5) is 0. The van der Waals surface area contributed by atoms with Crippen LogP contribution in [0, 0.1) is 5.92 Å². The molecule has 2 nitrogen and oxygen atoms in total. The number of para-hydroxylation sites is 2. The molecule has 0 unspecified atom stereocenters. The Labute approximate surface area is 85.8 Å². The molecule has 0 spiro atoms. The lowest BCUT2D eigenvalue weighted by molar-refractivity contribution is 0.228. The zero-order chi connectivity index (χ0) is 10.4. The molecular weight excluding hydrogens is 176 g/mol. The fraction of sp³-hybridized carbons (Fsp3) is 0.500. The highest BCUT2D eigenvalue weighted by atomic mass is 16.5. The molecule has 0 radical (unpaired) electrons. The first-order valence-electron chi connectivity index (χ1n) is 5.21. The van der Waals surface area contributed by atoms with E-state index >= 15 is 0 Å². The van der Waals surface area contributed by atoms with Crippen molar-refractivity contribution in [3.05, 3.63) is 24.3 Å². The van der Waals surface area contributed by atoms with Crippen molar-refractivity contribution in [3.63, 3.8) is 0 Å². The molecular formula is C12H18O2. The van der Waals surface area contributed by atoms with E-state index in [9.17, 15) is 0 Å². The van der Waals surface area contributed by atoms with Gasteiger partial charge in [-0.15, -0.1) is 0 Å². The fourth-order valence-corrected chi connectivity index (χ4v) is 1.20. The van der Waals surface area contributed by atoms with Crippen LogP contribution >= 0.6 is 0 Å². The van der Waals surface area contributed by atoms with Gasteiger partial charge in [0.1, 0.15) is 0 Å². The summed E-state index contributed by atoms with van der Waals surface area (Å²) >= 11 is 0. The Morgan fingerprint density at radius 1 is 1.00 bits per heavy atom. The number of benzene rings is 1. The van der Waals surface area contributed by atoms with Gasteiger partial charge in [-0.05, 0) is 12.1 Å². The molecule has 1 aliphatic heterocycles. The smallest absolute Gasteiger partial charge is 0.161 e. The van der Waals surface area contributed by atoms with Crippen molar-refractivity contribution in [1.29, 1.82) is 0 Å². The predicted molar refractivity (Wildman–Crippen MR) is 57.9 cm³/mol.